The molecule has 0 amide bonds. The Bertz CT molecular complexity index is 721. The van der Waals surface area contributed by atoms with E-state index in [9.17, 15) is 0 Å². The third-order valence-electron chi connectivity index (χ3n) is 2.76. The molecule has 2 rings (SSSR count). The van der Waals surface area contributed by atoms with Crippen LogP contribution in [0.5, 0.6) is 0 Å². The number of nitrogens with zero attached hydrogens (tertiary/aromatic N) is 2. The second kappa shape index (κ2) is 6.22. The molecular formula is C17H12N2O. The van der Waals surface area contributed by atoms with E-state index in [0.29, 0.717) is 11.5 Å². The predicted octanol–water partition coefficient (Wildman–Crippen LogP) is 4.27. The number of furan rings is 1. The van der Waals surface area contributed by atoms with Crippen LogP contribution in [-0.4, -0.2) is 0 Å². The summed E-state index contributed by atoms with van der Waals surface area (Å²) in [5.74, 6) is 1.18. The molecule has 1 aromatic carbocycles. The van der Waals surface area contributed by atoms with Gasteiger partial charge in [0.1, 0.15) is 29.2 Å². The summed E-state index contributed by atoms with van der Waals surface area (Å²) in [5, 5.41) is 17.4. The molecule has 3 nitrogen and oxygen atoms in total. The van der Waals surface area contributed by atoms with Gasteiger partial charge in [0.2, 0.25) is 0 Å². The maximum atomic E-state index is 8.69. The maximum Gasteiger partial charge on any atom is 0.133 e. The molecule has 0 atom stereocenters. The molecule has 0 saturated carbocycles. The van der Waals surface area contributed by atoms with Gasteiger partial charge in [-0.2, -0.15) is 10.5 Å². The minimum absolute atomic E-state index is 0.0228. The minimum Gasteiger partial charge on any atom is -0.457 e. The lowest BCUT2D eigenvalue weighted by Crippen LogP contribution is -1.77. The summed E-state index contributed by atoms with van der Waals surface area (Å²) < 4.78 is 5.55. The van der Waals surface area contributed by atoms with Gasteiger partial charge in [0.05, 0.1) is 0 Å². The van der Waals surface area contributed by atoms with Crippen molar-refractivity contribution in [1.29, 1.82) is 10.5 Å². The third-order valence-corrected chi connectivity index (χ3v) is 2.76. The molecule has 3 heteroatoms. The lowest BCUT2D eigenvalue weighted by atomic mass is 10.1. The molecule has 0 aliphatic carbocycles. The lowest BCUT2D eigenvalue weighted by Gasteiger charge is -1.99. The van der Waals surface area contributed by atoms with Crippen molar-refractivity contribution in [3.05, 3.63) is 65.1 Å². The van der Waals surface area contributed by atoms with Gasteiger partial charge in [-0.25, -0.2) is 0 Å². The Morgan fingerprint density at radius 1 is 0.950 bits per heavy atom. The smallest absolute Gasteiger partial charge is 0.133 e. The molecule has 0 N–H and O–H groups in total. The fourth-order valence-corrected chi connectivity index (χ4v) is 1.75. The summed E-state index contributed by atoms with van der Waals surface area (Å²) in [7, 11) is 0. The highest BCUT2D eigenvalue weighted by molar-refractivity contribution is 5.79. The monoisotopic (exact) mass is 260 g/mol. The van der Waals surface area contributed by atoms with Crippen molar-refractivity contribution < 1.29 is 4.42 Å². The number of benzene rings is 1. The predicted molar refractivity (Wildman–Crippen MR) is 77.9 cm³/mol. The molecule has 0 spiro atoms. The molecule has 1 heterocycles. The highest BCUT2D eigenvalue weighted by atomic mass is 16.3. The van der Waals surface area contributed by atoms with Crippen molar-refractivity contribution in [3.8, 4) is 12.1 Å². The summed E-state index contributed by atoms with van der Waals surface area (Å²) in [6.45, 7) is 2.00. The normalized spacial score (nSPS) is 10.4. The van der Waals surface area contributed by atoms with Crippen LogP contribution in [0.1, 0.15) is 24.0 Å². The zero-order valence-corrected chi connectivity index (χ0v) is 11.0. The fourth-order valence-electron chi connectivity index (χ4n) is 1.75. The van der Waals surface area contributed by atoms with E-state index in [1.165, 1.54) is 6.08 Å². The standard InChI is InChI=1S/C17H12N2O/c1-13(15-5-3-2-4-6-15)9-16-7-8-17(20-16)10-14(11-18)12-19/h2-10H,1H3/b13-9+. The van der Waals surface area contributed by atoms with Crippen molar-refractivity contribution in [2.75, 3.05) is 0 Å². The van der Waals surface area contributed by atoms with Crippen molar-refractivity contribution in [2.24, 2.45) is 0 Å². The van der Waals surface area contributed by atoms with Crippen LogP contribution in [-0.2, 0) is 0 Å². The van der Waals surface area contributed by atoms with Gasteiger partial charge in [0.25, 0.3) is 0 Å². The summed E-state index contributed by atoms with van der Waals surface area (Å²) >= 11 is 0. The first kappa shape index (κ1) is 13.4. The van der Waals surface area contributed by atoms with Crippen LogP contribution in [0.4, 0.5) is 0 Å². The van der Waals surface area contributed by atoms with E-state index < -0.39 is 0 Å². The van der Waals surface area contributed by atoms with Crippen LogP contribution in [0.15, 0.2) is 52.5 Å². The topological polar surface area (TPSA) is 60.7 Å². The van der Waals surface area contributed by atoms with Gasteiger partial charge in [0, 0.05) is 6.08 Å². The second-order valence-corrected chi connectivity index (χ2v) is 4.22. The average molecular weight is 260 g/mol. The summed E-state index contributed by atoms with van der Waals surface area (Å²) in [5.41, 5.74) is 2.22. The molecule has 0 bridgehead atoms. The number of hydrogen-bond donors (Lipinski definition) is 0. The van der Waals surface area contributed by atoms with Crippen LogP contribution >= 0.6 is 0 Å². The number of nitriles is 2. The van der Waals surface area contributed by atoms with E-state index in [4.69, 9.17) is 14.9 Å². The maximum absolute atomic E-state index is 8.69. The highest BCUT2D eigenvalue weighted by Crippen LogP contribution is 2.19. The Balaban J connectivity index is 2.25. The van der Waals surface area contributed by atoms with Gasteiger partial charge in [-0.3, -0.25) is 0 Å². The molecule has 0 unspecified atom stereocenters. The zero-order chi connectivity index (χ0) is 14.4. The fraction of sp³-hybridized carbons (Fsp3) is 0.0588. The van der Waals surface area contributed by atoms with Crippen molar-refractivity contribution in [3.63, 3.8) is 0 Å². The quantitative estimate of drug-likeness (QED) is 0.774. The van der Waals surface area contributed by atoms with E-state index in [0.717, 1.165) is 11.1 Å². The largest absolute Gasteiger partial charge is 0.457 e. The Kier molecular flexibility index (Phi) is 4.17. The summed E-state index contributed by atoms with van der Waals surface area (Å²) in [6, 6.07) is 17.1. The molecule has 0 aliphatic heterocycles. The van der Waals surface area contributed by atoms with Crippen LogP contribution in [0, 0.1) is 22.7 Å². The van der Waals surface area contributed by atoms with E-state index in [-0.39, 0.29) is 5.57 Å². The molecule has 96 valence electrons. The van der Waals surface area contributed by atoms with Crippen LogP contribution in [0.25, 0.3) is 17.7 Å². The molecule has 0 radical (unpaired) electrons. The van der Waals surface area contributed by atoms with E-state index in [2.05, 4.69) is 0 Å². The summed E-state index contributed by atoms with van der Waals surface area (Å²) in [6.07, 6.45) is 3.35. The molecule has 2 aromatic rings. The van der Waals surface area contributed by atoms with Crippen molar-refractivity contribution in [1.82, 2.24) is 0 Å². The molecule has 20 heavy (non-hydrogen) atoms. The van der Waals surface area contributed by atoms with E-state index >= 15 is 0 Å². The first-order valence-corrected chi connectivity index (χ1v) is 6.08. The van der Waals surface area contributed by atoms with Crippen molar-refractivity contribution in [2.45, 2.75) is 6.92 Å². The molecule has 0 saturated heterocycles. The third kappa shape index (κ3) is 3.25. The summed E-state index contributed by atoms with van der Waals surface area (Å²) in [4.78, 5) is 0. The van der Waals surface area contributed by atoms with Gasteiger partial charge < -0.3 is 4.42 Å². The van der Waals surface area contributed by atoms with Gasteiger partial charge in [-0.05, 0) is 36.3 Å². The second-order valence-electron chi connectivity index (χ2n) is 4.22. The molecule has 1 aromatic heterocycles. The van der Waals surface area contributed by atoms with Crippen molar-refractivity contribution >= 4 is 17.7 Å². The number of allylic oxidation sites excluding steroid dienone is 2. The molecular weight excluding hydrogens is 248 g/mol. The molecule has 0 fully saturated rings. The van der Waals surface area contributed by atoms with Crippen LogP contribution in [0.3, 0.4) is 0 Å². The Hall–Kier alpha value is -3.04. The average Bonchev–Trinajstić information content (AvgIpc) is 2.92. The van der Waals surface area contributed by atoms with Crippen LogP contribution in [0.2, 0.25) is 0 Å². The van der Waals surface area contributed by atoms with Gasteiger partial charge in [-0.15, -0.1) is 0 Å². The Morgan fingerprint density at radius 3 is 2.15 bits per heavy atom. The van der Waals surface area contributed by atoms with Gasteiger partial charge in [-0.1, -0.05) is 30.3 Å². The Morgan fingerprint density at radius 2 is 1.55 bits per heavy atom. The van der Waals surface area contributed by atoms with Gasteiger partial charge in [0.15, 0.2) is 0 Å². The SMILES string of the molecule is C/C(=C\c1ccc(C=C(C#N)C#N)o1)c1ccccc1. The highest BCUT2D eigenvalue weighted by Gasteiger charge is 2.01. The van der Waals surface area contributed by atoms with E-state index in [1.807, 2.05) is 49.4 Å². The first-order valence-electron chi connectivity index (χ1n) is 6.08. The van der Waals surface area contributed by atoms with Crippen LogP contribution < -0.4 is 0 Å². The number of hydrogen-bond acceptors (Lipinski definition) is 3. The first-order chi connectivity index (χ1) is 9.72. The zero-order valence-electron chi connectivity index (χ0n) is 11.0. The number of rotatable bonds is 3. The van der Waals surface area contributed by atoms with E-state index in [1.54, 1.807) is 18.2 Å². The minimum atomic E-state index is 0.0228. The lowest BCUT2D eigenvalue weighted by molar-refractivity contribution is 0.547. The molecule has 0 aliphatic rings. The van der Waals surface area contributed by atoms with Gasteiger partial charge >= 0.3 is 0 Å². The Labute approximate surface area is 117 Å².